The van der Waals surface area contributed by atoms with Gasteiger partial charge in [0.05, 0.1) is 6.21 Å². The number of hydrogen-bond acceptors (Lipinski definition) is 4. The summed E-state index contributed by atoms with van der Waals surface area (Å²) in [7, 11) is 0. The summed E-state index contributed by atoms with van der Waals surface area (Å²) >= 11 is 5.22. The Labute approximate surface area is 132 Å². The average molecular weight is 310 g/mol. The monoisotopic (exact) mass is 310 g/mol. The lowest BCUT2D eigenvalue weighted by Crippen LogP contribution is -1.95. The van der Waals surface area contributed by atoms with Crippen LogP contribution in [0.4, 0.5) is 0 Å². The fraction of sp³-hybridized carbons (Fsp3) is 0.0625. The lowest BCUT2D eigenvalue weighted by molar-refractivity contribution is 0.474. The third-order valence-electron chi connectivity index (χ3n) is 3.18. The predicted octanol–water partition coefficient (Wildman–Crippen LogP) is 3.50. The van der Waals surface area contributed by atoms with Crippen LogP contribution in [0, 0.1) is 11.7 Å². The zero-order valence-corrected chi connectivity index (χ0v) is 12.7. The van der Waals surface area contributed by atoms with Gasteiger partial charge in [-0.05, 0) is 31.3 Å². The zero-order valence-electron chi connectivity index (χ0n) is 11.9. The van der Waals surface area contributed by atoms with Crippen LogP contribution in [-0.2, 0) is 0 Å². The molecule has 5 nitrogen and oxygen atoms in total. The van der Waals surface area contributed by atoms with Crippen LogP contribution in [0.25, 0.3) is 11.4 Å². The number of hydrogen-bond donors (Lipinski definition) is 2. The molecule has 0 aliphatic heterocycles. The molecule has 0 unspecified atom stereocenters. The molecule has 6 heteroatoms. The first kappa shape index (κ1) is 14.2. The number of aromatic nitrogens is 3. The molecule has 2 aromatic carbocycles. The highest BCUT2D eigenvalue weighted by atomic mass is 32.1. The minimum Gasteiger partial charge on any atom is -0.507 e. The first-order valence-corrected chi connectivity index (χ1v) is 7.13. The van der Waals surface area contributed by atoms with Crippen molar-refractivity contribution in [3.05, 3.63) is 64.4 Å². The van der Waals surface area contributed by atoms with E-state index in [0.29, 0.717) is 16.2 Å². The summed E-state index contributed by atoms with van der Waals surface area (Å²) in [5, 5.41) is 21.2. The van der Waals surface area contributed by atoms with E-state index >= 15 is 0 Å². The molecular formula is C16H14N4OS. The van der Waals surface area contributed by atoms with Crippen molar-refractivity contribution in [2.45, 2.75) is 6.92 Å². The smallest absolute Gasteiger partial charge is 0.216 e. The van der Waals surface area contributed by atoms with Gasteiger partial charge in [-0.2, -0.15) is 14.9 Å². The van der Waals surface area contributed by atoms with Crippen molar-refractivity contribution in [1.82, 2.24) is 14.9 Å². The van der Waals surface area contributed by atoms with Gasteiger partial charge in [-0.1, -0.05) is 42.0 Å². The number of phenolic OH excluding ortho intramolecular Hbond substituents is 1. The molecule has 0 saturated heterocycles. The maximum atomic E-state index is 9.87. The SMILES string of the molecule is Cc1ccc(O)c(C=Nn2c(-c3ccccc3)n[nH]c2=S)c1. The molecule has 22 heavy (non-hydrogen) atoms. The maximum absolute atomic E-state index is 9.87. The third kappa shape index (κ3) is 2.82. The van der Waals surface area contributed by atoms with E-state index in [0.717, 1.165) is 11.1 Å². The molecule has 1 aromatic heterocycles. The molecule has 0 bridgehead atoms. The minimum atomic E-state index is 0.172. The van der Waals surface area contributed by atoms with Crippen LogP contribution in [0.15, 0.2) is 53.6 Å². The molecule has 3 aromatic rings. The number of nitrogens with one attached hydrogen (secondary N) is 1. The van der Waals surface area contributed by atoms with E-state index < -0.39 is 0 Å². The summed E-state index contributed by atoms with van der Waals surface area (Å²) in [6, 6.07) is 15.0. The highest BCUT2D eigenvalue weighted by molar-refractivity contribution is 7.71. The van der Waals surface area contributed by atoms with Gasteiger partial charge in [0.25, 0.3) is 0 Å². The summed E-state index contributed by atoms with van der Waals surface area (Å²) in [4.78, 5) is 0. The van der Waals surface area contributed by atoms with Gasteiger partial charge < -0.3 is 5.11 Å². The van der Waals surface area contributed by atoms with Gasteiger partial charge in [0, 0.05) is 11.1 Å². The second-order valence-electron chi connectivity index (χ2n) is 4.84. The number of phenols is 1. The Hall–Kier alpha value is -2.73. The number of H-pyrrole nitrogens is 1. The Morgan fingerprint density at radius 3 is 2.77 bits per heavy atom. The minimum absolute atomic E-state index is 0.172. The molecular weight excluding hydrogens is 296 g/mol. The van der Waals surface area contributed by atoms with Crippen LogP contribution in [0.5, 0.6) is 5.75 Å². The molecule has 0 saturated carbocycles. The molecule has 0 amide bonds. The lowest BCUT2D eigenvalue weighted by Gasteiger charge is -2.02. The summed E-state index contributed by atoms with van der Waals surface area (Å²) in [5.74, 6) is 0.791. The van der Waals surface area contributed by atoms with Crippen molar-refractivity contribution >= 4 is 18.4 Å². The van der Waals surface area contributed by atoms with E-state index in [1.54, 1.807) is 12.3 Å². The van der Waals surface area contributed by atoms with Crippen molar-refractivity contribution in [2.75, 3.05) is 0 Å². The van der Waals surface area contributed by atoms with Crippen LogP contribution in [0.1, 0.15) is 11.1 Å². The molecule has 0 aliphatic rings. The Bertz CT molecular complexity index is 881. The number of aromatic amines is 1. The molecule has 0 atom stereocenters. The number of benzene rings is 2. The topological polar surface area (TPSA) is 66.2 Å². The summed E-state index contributed by atoms with van der Waals surface area (Å²) < 4.78 is 1.93. The van der Waals surface area contributed by atoms with Crippen LogP contribution in [-0.4, -0.2) is 26.2 Å². The van der Waals surface area contributed by atoms with Gasteiger partial charge in [0.2, 0.25) is 4.77 Å². The number of aromatic hydroxyl groups is 1. The maximum Gasteiger partial charge on any atom is 0.216 e. The standard InChI is InChI=1S/C16H14N4OS/c1-11-7-8-14(21)13(9-11)10-17-20-15(18-19-16(20)22)12-5-3-2-4-6-12/h2-10,21H,1H3,(H,19,22). The van der Waals surface area contributed by atoms with E-state index in [1.165, 1.54) is 4.68 Å². The highest BCUT2D eigenvalue weighted by Crippen LogP contribution is 2.18. The van der Waals surface area contributed by atoms with Crippen LogP contribution in [0.3, 0.4) is 0 Å². The number of nitrogens with zero attached hydrogens (tertiary/aromatic N) is 3. The molecule has 0 fully saturated rings. The van der Waals surface area contributed by atoms with Gasteiger partial charge in [-0.15, -0.1) is 0 Å². The first-order valence-electron chi connectivity index (χ1n) is 6.72. The van der Waals surface area contributed by atoms with Crippen molar-refractivity contribution in [3.63, 3.8) is 0 Å². The van der Waals surface area contributed by atoms with Gasteiger partial charge in [-0.25, -0.2) is 5.10 Å². The molecule has 110 valence electrons. The van der Waals surface area contributed by atoms with E-state index in [1.807, 2.05) is 49.4 Å². The molecule has 1 heterocycles. The number of rotatable bonds is 3. The van der Waals surface area contributed by atoms with E-state index in [2.05, 4.69) is 15.3 Å². The quantitative estimate of drug-likeness (QED) is 0.575. The van der Waals surface area contributed by atoms with E-state index in [-0.39, 0.29) is 5.75 Å². The first-order chi connectivity index (χ1) is 10.6. The molecule has 3 rings (SSSR count). The Balaban J connectivity index is 2.03. The third-order valence-corrected chi connectivity index (χ3v) is 3.44. The largest absolute Gasteiger partial charge is 0.507 e. The van der Waals surface area contributed by atoms with E-state index in [4.69, 9.17) is 12.2 Å². The van der Waals surface area contributed by atoms with Crippen LogP contribution < -0.4 is 0 Å². The number of aryl methyl sites for hydroxylation is 1. The van der Waals surface area contributed by atoms with Gasteiger partial charge in [-0.3, -0.25) is 0 Å². The lowest BCUT2D eigenvalue weighted by atomic mass is 10.1. The Morgan fingerprint density at radius 2 is 2.00 bits per heavy atom. The van der Waals surface area contributed by atoms with Crippen molar-refractivity contribution < 1.29 is 5.11 Å². The normalized spacial score (nSPS) is 11.1. The summed E-state index contributed by atoms with van der Waals surface area (Å²) in [6.07, 6.45) is 1.57. The van der Waals surface area contributed by atoms with Crippen LogP contribution >= 0.6 is 12.2 Å². The van der Waals surface area contributed by atoms with E-state index in [9.17, 15) is 5.11 Å². The fourth-order valence-corrected chi connectivity index (χ4v) is 2.25. The van der Waals surface area contributed by atoms with Crippen molar-refractivity contribution in [2.24, 2.45) is 5.10 Å². The highest BCUT2D eigenvalue weighted by Gasteiger charge is 2.07. The van der Waals surface area contributed by atoms with Crippen LogP contribution in [0.2, 0.25) is 0 Å². The second kappa shape index (κ2) is 5.95. The fourth-order valence-electron chi connectivity index (χ4n) is 2.07. The van der Waals surface area contributed by atoms with Gasteiger partial charge >= 0.3 is 0 Å². The predicted molar refractivity (Wildman–Crippen MR) is 88.7 cm³/mol. The van der Waals surface area contributed by atoms with Crippen molar-refractivity contribution in [3.8, 4) is 17.1 Å². The molecule has 0 aliphatic carbocycles. The van der Waals surface area contributed by atoms with Crippen molar-refractivity contribution in [1.29, 1.82) is 0 Å². The Kier molecular flexibility index (Phi) is 3.84. The molecule has 0 spiro atoms. The summed E-state index contributed by atoms with van der Waals surface area (Å²) in [5.41, 5.74) is 2.57. The zero-order chi connectivity index (χ0) is 15.5. The van der Waals surface area contributed by atoms with Gasteiger partial charge in [0.1, 0.15) is 5.75 Å². The molecule has 2 N–H and O–H groups in total. The van der Waals surface area contributed by atoms with Gasteiger partial charge in [0.15, 0.2) is 5.82 Å². The Morgan fingerprint density at radius 1 is 1.23 bits per heavy atom. The molecule has 0 radical (unpaired) electrons. The average Bonchev–Trinajstić information content (AvgIpc) is 2.90. The second-order valence-corrected chi connectivity index (χ2v) is 5.22. The summed E-state index contributed by atoms with van der Waals surface area (Å²) in [6.45, 7) is 1.95.